The molecule has 0 saturated heterocycles. The normalized spacial score (nSPS) is 13.5. The maximum Gasteiger partial charge on any atom is 0.306 e. The van der Waals surface area contributed by atoms with E-state index in [0.717, 1.165) is 128 Å². The van der Waals surface area contributed by atoms with Crippen LogP contribution in [0.15, 0.2) is 170 Å². The summed E-state index contributed by atoms with van der Waals surface area (Å²) >= 11 is 0. The van der Waals surface area contributed by atoms with Gasteiger partial charge in [-0.2, -0.15) is 0 Å². The molecule has 6 nitrogen and oxygen atoms in total. The van der Waals surface area contributed by atoms with Crippen molar-refractivity contribution in [3.63, 3.8) is 0 Å². The van der Waals surface area contributed by atoms with Crippen molar-refractivity contribution < 1.29 is 28.6 Å². The third kappa shape index (κ3) is 55.6. The molecule has 0 rings (SSSR count). The molecular formula is C65H98O6. The molecule has 0 saturated carbocycles. The Balaban J connectivity index is 4.64. The van der Waals surface area contributed by atoms with Crippen LogP contribution < -0.4 is 0 Å². The van der Waals surface area contributed by atoms with Crippen molar-refractivity contribution >= 4 is 17.9 Å². The van der Waals surface area contributed by atoms with Gasteiger partial charge in [-0.25, -0.2) is 0 Å². The number of hydrogen-bond donors (Lipinski definition) is 0. The van der Waals surface area contributed by atoms with Crippen molar-refractivity contribution in [3.05, 3.63) is 170 Å². The summed E-state index contributed by atoms with van der Waals surface area (Å²) in [5, 5.41) is 0. The lowest BCUT2D eigenvalue weighted by Crippen LogP contribution is -2.30. The van der Waals surface area contributed by atoms with Gasteiger partial charge in [0.1, 0.15) is 13.2 Å². The number of unbranched alkanes of at least 4 members (excludes halogenated alkanes) is 15. The molecule has 0 aromatic heterocycles. The van der Waals surface area contributed by atoms with E-state index in [4.69, 9.17) is 14.2 Å². The first kappa shape index (κ1) is 65.8. The van der Waals surface area contributed by atoms with E-state index in [9.17, 15) is 14.4 Å². The summed E-state index contributed by atoms with van der Waals surface area (Å²) < 4.78 is 16.8. The molecule has 0 aliphatic carbocycles. The van der Waals surface area contributed by atoms with E-state index in [1.807, 2.05) is 36.5 Å². The van der Waals surface area contributed by atoms with Gasteiger partial charge in [0.2, 0.25) is 0 Å². The SMILES string of the molecule is CC/C=C\C/C=C\C/C=C\C/C=C\C/C=C\CCCC(=O)OCC(COC(=O)CCCCCCC\C=C/C=C\C=C/C=C\C=C/CCC)OC(=O)CCCCCCC\C=C/C=C\C=C/C=C\CCCCC. The Morgan fingerprint density at radius 2 is 0.648 bits per heavy atom. The molecule has 0 aliphatic rings. The van der Waals surface area contributed by atoms with Gasteiger partial charge in [-0.15, -0.1) is 0 Å². The Kier molecular flexibility index (Phi) is 53.1. The third-order valence-corrected chi connectivity index (χ3v) is 10.9. The van der Waals surface area contributed by atoms with Crippen LogP contribution in [0.4, 0.5) is 0 Å². The van der Waals surface area contributed by atoms with E-state index < -0.39 is 6.10 Å². The Hall–Kier alpha value is -5.23. The topological polar surface area (TPSA) is 78.9 Å². The predicted octanol–water partition coefficient (Wildman–Crippen LogP) is 18.8. The van der Waals surface area contributed by atoms with Crippen LogP contribution in [0.5, 0.6) is 0 Å². The summed E-state index contributed by atoms with van der Waals surface area (Å²) in [4.78, 5) is 38.1. The van der Waals surface area contributed by atoms with Crippen LogP contribution in [0.2, 0.25) is 0 Å². The molecule has 0 aromatic carbocycles. The van der Waals surface area contributed by atoms with Gasteiger partial charge in [-0.1, -0.05) is 249 Å². The number of carbonyl (C=O) groups excluding carboxylic acids is 3. The van der Waals surface area contributed by atoms with E-state index in [0.29, 0.717) is 12.8 Å². The van der Waals surface area contributed by atoms with Crippen LogP contribution in [0.1, 0.15) is 201 Å². The maximum atomic E-state index is 12.9. The zero-order chi connectivity index (χ0) is 51.4. The molecule has 0 spiro atoms. The molecule has 0 radical (unpaired) electrons. The quantitative estimate of drug-likeness (QED) is 0.0199. The molecule has 0 amide bonds. The summed E-state index contributed by atoms with van der Waals surface area (Å²) in [6.45, 7) is 6.28. The standard InChI is InChI=1S/C65H98O6/c1-4-7-10-13-16-19-22-25-28-31-34-37-40-43-46-49-52-55-58-64(67)70-61-62(60-69-63(66)57-54-51-48-45-42-39-36-33-30-27-24-21-18-15-12-9-6-3)71-65(68)59-56-53-50-47-44-41-38-35-32-29-26-23-20-17-14-11-8-5-2/h9-10,12-13,16-23,25-32,34-39,45,48,62H,4-8,11,14-15,24,33,40-44,46-47,49-61H2,1-3H3/b12-9-,13-10-,19-16-,20-17-,21-18-,25-22-,26-23-,30-27-,31-28-,32-29-,37-34-,38-35-,39-36-,48-45-. The molecule has 71 heavy (non-hydrogen) atoms. The Labute approximate surface area is 434 Å². The van der Waals surface area contributed by atoms with Crippen LogP contribution in [0.25, 0.3) is 0 Å². The molecular weight excluding hydrogens is 877 g/mol. The minimum atomic E-state index is -0.835. The summed E-state index contributed by atoms with van der Waals surface area (Å²) in [6, 6.07) is 0. The Morgan fingerprint density at radius 1 is 0.310 bits per heavy atom. The van der Waals surface area contributed by atoms with Crippen molar-refractivity contribution in [3.8, 4) is 0 Å². The number of ether oxygens (including phenoxy) is 3. The molecule has 1 unspecified atom stereocenters. The smallest absolute Gasteiger partial charge is 0.306 e. The van der Waals surface area contributed by atoms with E-state index in [1.54, 1.807) is 0 Å². The summed E-state index contributed by atoms with van der Waals surface area (Å²) in [6.07, 6.45) is 84.7. The molecule has 394 valence electrons. The van der Waals surface area contributed by atoms with E-state index in [1.165, 1.54) is 25.7 Å². The monoisotopic (exact) mass is 975 g/mol. The minimum absolute atomic E-state index is 0.128. The van der Waals surface area contributed by atoms with Gasteiger partial charge >= 0.3 is 17.9 Å². The van der Waals surface area contributed by atoms with Crippen LogP contribution in [0, 0.1) is 0 Å². The van der Waals surface area contributed by atoms with Crippen molar-refractivity contribution in [2.24, 2.45) is 0 Å². The van der Waals surface area contributed by atoms with Gasteiger partial charge in [0.05, 0.1) is 0 Å². The lowest BCUT2D eigenvalue weighted by atomic mass is 10.1. The van der Waals surface area contributed by atoms with Gasteiger partial charge in [-0.3, -0.25) is 14.4 Å². The fourth-order valence-electron chi connectivity index (χ4n) is 6.75. The predicted molar refractivity (Wildman–Crippen MR) is 306 cm³/mol. The van der Waals surface area contributed by atoms with Crippen molar-refractivity contribution in [2.45, 2.75) is 207 Å². The second-order valence-corrected chi connectivity index (χ2v) is 17.6. The van der Waals surface area contributed by atoms with Gasteiger partial charge < -0.3 is 14.2 Å². The van der Waals surface area contributed by atoms with Crippen LogP contribution in [-0.4, -0.2) is 37.2 Å². The van der Waals surface area contributed by atoms with Crippen molar-refractivity contribution in [1.82, 2.24) is 0 Å². The molecule has 0 aliphatic heterocycles. The summed E-state index contributed by atoms with van der Waals surface area (Å²) in [7, 11) is 0. The number of rotatable bonds is 47. The Bertz CT molecular complexity index is 1690. The summed E-state index contributed by atoms with van der Waals surface area (Å²) in [5.74, 6) is -1.05. The molecule has 0 fully saturated rings. The molecule has 0 N–H and O–H groups in total. The van der Waals surface area contributed by atoms with Crippen molar-refractivity contribution in [1.29, 1.82) is 0 Å². The highest BCUT2D eigenvalue weighted by atomic mass is 16.6. The molecule has 0 heterocycles. The van der Waals surface area contributed by atoms with Gasteiger partial charge in [0, 0.05) is 19.3 Å². The van der Waals surface area contributed by atoms with Crippen LogP contribution in [0.3, 0.4) is 0 Å². The first-order valence-corrected chi connectivity index (χ1v) is 27.8. The number of hydrogen-bond acceptors (Lipinski definition) is 6. The van der Waals surface area contributed by atoms with Gasteiger partial charge in [-0.05, 0) is 103 Å². The molecule has 0 aromatic rings. The lowest BCUT2D eigenvalue weighted by molar-refractivity contribution is -0.167. The fraction of sp³-hybridized carbons (Fsp3) is 0.523. The number of carbonyl (C=O) groups is 3. The van der Waals surface area contributed by atoms with Crippen molar-refractivity contribution in [2.75, 3.05) is 13.2 Å². The van der Waals surface area contributed by atoms with E-state index in [-0.39, 0.29) is 44.0 Å². The third-order valence-electron chi connectivity index (χ3n) is 10.9. The summed E-state index contributed by atoms with van der Waals surface area (Å²) in [5.41, 5.74) is 0. The first-order valence-electron chi connectivity index (χ1n) is 27.8. The maximum absolute atomic E-state index is 12.9. The number of esters is 3. The fourth-order valence-corrected chi connectivity index (χ4v) is 6.75. The molecule has 6 heteroatoms. The second-order valence-electron chi connectivity index (χ2n) is 17.6. The lowest BCUT2D eigenvalue weighted by Gasteiger charge is -2.18. The molecule has 1 atom stereocenters. The van der Waals surface area contributed by atoms with Gasteiger partial charge in [0.15, 0.2) is 6.10 Å². The van der Waals surface area contributed by atoms with Crippen LogP contribution in [-0.2, 0) is 28.6 Å². The zero-order valence-electron chi connectivity index (χ0n) is 44.9. The highest BCUT2D eigenvalue weighted by molar-refractivity contribution is 5.71. The minimum Gasteiger partial charge on any atom is -0.462 e. The second kappa shape index (κ2) is 57.3. The highest BCUT2D eigenvalue weighted by Crippen LogP contribution is 2.12. The largest absolute Gasteiger partial charge is 0.462 e. The Morgan fingerprint density at radius 3 is 1.08 bits per heavy atom. The van der Waals surface area contributed by atoms with E-state index >= 15 is 0 Å². The van der Waals surface area contributed by atoms with E-state index in [2.05, 4.69) is 154 Å². The average molecular weight is 975 g/mol. The van der Waals surface area contributed by atoms with Gasteiger partial charge in [0.25, 0.3) is 0 Å². The number of allylic oxidation sites excluding steroid dienone is 28. The zero-order valence-corrected chi connectivity index (χ0v) is 44.9. The van der Waals surface area contributed by atoms with Crippen LogP contribution >= 0.6 is 0 Å². The molecule has 0 bridgehead atoms. The average Bonchev–Trinajstić information content (AvgIpc) is 3.37. The highest BCUT2D eigenvalue weighted by Gasteiger charge is 2.19. The first-order chi connectivity index (χ1) is 35.0.